The molecule has 26 heavy (non-hydrogen) atoms. The zero-order valence-electron chi connectivity index (χ0n) is 14.9. The first-order valence-corrected chi connectivity index (χ1v) is 9.89. The molecule has 0 bridgehead atoms. The van der Waals surface area contributed by atoms with E-state index < -0.39 is 0 Å². The molecule has 2 amide bonds. The van der Waals surface area contributed by atoms with Gasteiger partial charge >= 0.3 is 0 Å². The predicted molar refractivity (Wildman–Crippen MR) is 103 cm³/mol. The van der Waals surface area contributed by atoms with Crippen LogP contribution in [0.4, 0.5) is 5.69 Å². The fourth-order valence-corrected chi connectivity index (χ4v) is 4.87. The van der Waals surface area contributed by atoms with E-state index in [-0.39, 0.29) is 23.9 Å². The van der Waals surface area contributed by atoms with Gasteiger partial charge in [-0.2, -0.15) is 11.3 Å². The quantitative estimate of drug-likeness (QED) is 0.835. The van der Waals surface area contributed by atoms with Gasteiger partial charge < -0.3 is 9.80 Å². The Morgan fingerprint density at radius 1 is 1.19 bits per heavy atom. The number of benzene rings is 1. The summed E-state index contributed by atoms with van der Waals surface area (Å²) in [5, 5.41) is 4.27. The number of hydrogen-bond acceptors (Lipinski definition) is 4. The molecule has 1 spiro atoms. The molecule has 0 N–H and O–H groups in total. The fourth-order valence-electron chi connectivity index (χ4n) is 4.21. The number of amides is 2. The minimum atomic E-state index is -0.300. The highest BCUT2D eigenvalue weighted by molar-refractivity contribution is 7.07. The molecule has 2 aliphatic rings. The Hall–Kier alpha value is -2.18. The van der Waals surface area contributed by atoms with E-state index in [1.165, 1.54) is 5.56 Å². The minimum absolute atomic E-state index is 0.00619. The second kappa shape index (κ2) is 6.85. The summed E-state index contributed by atoms with van der Waals surface area (Å²) in [7, 11) is 0. The van der Waals surface area contributed by atoms with Crippen LogP contribution in [0.2, 0.25) is 0 Å². The van der Waals surface area contributed by atoms with Gasteiger partial charge in [-0.05, 0) is 40.9 Å². The highest BCUT2D eigenvalue weighted by Crippen LogP contribution is 2.35. The molecule has 0 aliphatic carbocycles. The standard InChI is InChI=1S/C20H23N3O2S/c1-16(24)23-12-19(25)22(18-5-3-2-4-6-18)15-20(23)8-9-21(14-20)11-17-7-10-26-13-17/h2-7,10,13H,8-9,11-12,14-15H2,1H3/t20-/m1/s1. The number of carbonyl (C=O) groups is 2. The van der Waals surface area contributed by atoms with E-state index >= 15 is 0 Å². The third-order valence-corrected chi connectivity index (χ3v) is 6.20. The number of likely N-dealkylation sites (tertiary alicyclic amines) is 1. The van der Waals surface area contributed by atoms with Crippen molar-refractivity contribution in [1.29, 1.82) is 0 Å². The van der Waals surface area contributed by atoms with E-state index in [0.29, 0.717) is 6.54 Å². The molecule has 5 nitrogen and oxygen atoms in total. The van der Waals surface area contributed by atoms with Crippen molar-refractivity contribution in [3.05, 3.63) is 52.7 Å². The van der Waals surface area contributed by atoms with Crippen LogP contribution in [0.3, 0.4) is 0 Å². The molecule has 2 saturated heterocycles. The van der Waals surface area contributed by atoms with E-state index in [1.807, 2.05) is 40.1 Å². The van der Waals surface area contributed by atoms with Crippen molar-refractivity contribution in [3.8, 4) is 0 Å². The monoisotopic (exact) mass is 369 g/mol. The van der Waals surface area contributed by atoms with Gasteiger partial charge in [0.2, 0.25) is 11.8 Å². The van der Waals surface area contributed by atoms with Crippen molar-refractivity contribution in [3.63, 3.8) is 0 Å². The molecular weight excluding hydrogens is 346 g/mol. The minimum Gasteiger partial charge on any atom is -0.325 e. The van der Waals surface area contributed by atoms with Crippen LogP contribution < -0.4 is 4.90 Å². The maximum Gasteiger partial charge on any atom is 0.246 e. The maximum atomic E-state index is 12.7. The topological polar surface area (TPSA) is 43.9 Å². The molecule has 136 valence electrons. The van der Waals surface area contributed by atoms with Gasteiger partial charge in [0.15, 0.2) is 0 Å². The normalized spacial score (nSPS) is 23.8. The van der Waals surface area contributed by atoms with Crippen LogP contribution in [-0.4, -0.2) is 53.3 Å². The first-order valence-electron chi connectivity index (χ1n) is 8.94. The summed E-state index contributed by atoms with van der Waals surface area (Å²) >= 11 is 1.71. The smallest absolute Gasteiger partial charge is 0.246 e. The van der Waals surface area contributed by atoms with Gasteiger partial charge in [-0.25, -0.2) is 0 Å². The number of anilines is 1. The van der Waals surface area contributed by atoms with Crippen LogP contribution in [0.25, 0.3) is 0 Å². The van der Waals surface area contributed by atoms with Gasteiger partial charge in [-0.1, -0.05) is 18.2 Å². The van der Waals surface area contributed by atoms with Crippen molar-refractivity contribution >= 4 is 28.8 Å². The highest BCUT2D eigenvalue weighted by atomic mass is 32.1. The Balaban J connectivity index is 1.59. The van der Waals surface area contributed by atoms with Crippen molar-refractivity contribution in [2.75, 3.05) is 31.1 Å². The summed E-state index contributed by atoms with van der Waals surface area (Å²) in [5.74, 6) is -0.0169. The van der Waals surface area contributed by atoms with Gasteiger partial charge in [0.05, 0.1) is 12.1 Å². The lowest BCUT2D eigenvalue weighted by Gasteiger charge is -2.48. The second-order valence-electron chi connectivity index (χ2n) is 7.24. The zero-order valence-corrected chi connectivity index (χ0v) is 15.7. The zero-order chi connectivity index (χ0) is 18.1. The summed E-state index contributed by atoms with van der Waals surface area (Å²) in [6, 6.07) is 11.9. The maximum absolute atomic E-state index is 12.7. The fraction of sp³-hybridized carbons (Fsp3) is 0.400. The lowest BCUT2D eigenvalue weighted by Crippen LogP contribution is -2.66. The number of piperazine rings is 1. The number of carbonyl (C=O) groups excluding carboxylic acids is 2. The van der Waals surface area contributed by atoms with Gasteiger partial charge in [0.1, 0.15) is 6.54 Å². The lowest BCUT2D eigenvalue weighted by atomic mass is 9.91. The molecule has 1 atom stereocenters. The molecule has 4 rings (SSSR count). The molecule has 1 aromatic carbocycles. The SMILES string of the molecule is CC(=O)N1CC(=O)N(c2ccccc2)C[C@]12CCN(Cc1ccsc1)C2. The van der Waals surface area contributed by atoms with E-state index in [1.54, 1.807) is 18.3 Å². The van der Waals surface area contributed by atoms with Crippen molar-refractivity contribution < 1.29 is 9.59 Å². The molecule has 6 heteroatoms. The Labute approximate surface area is 157 Å². The summed E-state index contributed by atoms with van der Waals surface area (Å²) < 4.78 is 0. The van der Waals surface area contributed by atoms with Gasteiger partial charge in [-0.3, -0.25) is 14.5 Å². The molecule has 0 unspecified atom stereocenters. The number of nitrogens with zero attached hydrogens (tertiary/aromatic N) is 3. The molecule has 3 heterocycles. The number of hydrogen-bond donors (Lipinski definition) is 0. The first-order chi connectivity index (χ1) is 12.6. The first kappa shape index (κ1) is 17.2. The third kappa shape index (κ3) is 3.15. The lowest BCUT2D eigenvalue weighted by molar-refractivity contribution is -0.142. The van der Waals surface area contributed by atoms with Crippen molar-refractivity contribution in [1.82, 2.24) is 9.80 Å². The molecule has 2 aliphatic heterocycles. The summed E-state index contributed by atoms with van der Waals surface area (Å²) in [5.41, 5.74) is 1.93. The highest BCUT2D eigenvalue weighted by Gasteiger charge is 2.50. The van der Waals surface area contributed by atoms with Crippen LogP contribution in [0.5, 0.6) is 0 Å². The number of para-hydroxylation sites is 1. The summed E-state index contributed by atoms with van der Waals surface area (Å²) in [6.45, 7) is 4.95. The Morgan fingerprint density at radius 3 is 2.69 bits per heavy atom. The largest absolute Gasteiger partial charge is 0.325 e. The summed E-state index contributed by atoms with van der Waals surface area (Å²) in [4.78, 5) is 31.1. The Kier molecular flexibility index (Phi) is 4.54. The van der Waals surface area contributed by atoms with Crippen LogP contribution in [-0.2, 0) is 16.1 Å². The van der Waals surface area contributed by atoms with Gasteiger partial charge in [-0.15, -0.1) is 0 Å². The average molecular weight is 369 g/mol. The predicted octanol–water partition coefficient (Wildman–Crippen LogP) is 2.59. The van der Waals surface area contributed by atoms with Crippen LogP contribution in [0.15, 0.2) is 47.2 Å². The Bertz CT molecular complexity index is 793. The average Bonchev–Trinajstić information content (AvgIpc) is 3.28. The molecule has 0 saturated carbocycles. The molecule has 1 aromatic heterocycles. The number of thiophene rings is 1. The van der Waals surface area contributed by atoms with Crippen molar-refractivity contribution in [2.45, 2.75) is 25.4 Å². The second-order valence-corrected chi connectivity index (χ2v) is 8.02. The summed E-state index contributed by atoms with van der Waals surface area (Å²) in [6.07, 6.45) is 0.896. The molecule has 0 radical (unpaired) electrons. The van der Waals surface area contributed by atoms with Gasteiger partial charge in [0.25, 0.3) is 0 Å². The molecule has 2 fully saturated rings. The number of rotatable bonds is 3. The van der Waals surface area contributed by atoms with Crippen LogP contribution in [0.1, 0.15) is 18.9 Å². The van der Waals surface area contributed by atoms with E-state index in [4.69, 9.17) is 0 Å². The Morgan fingerprint density at radius 2 is 2.00 bits per heavy atom. The molecular formula is C20H23N3O2S. The third-order valence-electron chi connectivity index (χ3n) is 5.47. The van der Waals surface area contributed by atoms with Crippen LogP contribution >= 0.6 is 11.3 Å². The molecule has 2 aromatic rings. The van der Waals surface area contributed by atoms with E-state index in [2.05, 4.69) is 21.7 Å². The van der Waals surface area contributed by atoms with E-state index in [9.17, 15) is 9.59 Å². The van der Waals surface area contributed by atoms with Crippen molar-refractivity contribution in [2.24, 2.45) is 0 Å². The van der Waals surface area contributed by atoms with Gasteiger partial charge in [0, 0.05) is 32.2 Å². The van der Waals surface area contributed by atoms with E-state index in [0.717, 1.165) is 31.7 Å². The van der Waals surface area contributed by atoms with Crippen LogP contribution in [0, 0.1) is 0 Å².